The standard InChI is InChI=1S/C18H27NO2/c1-14(18(20)15-7-3-2-4-8-15)13-19-11-12-21-17-10-6-5-9-16(17)19/h2-4,7-8,14,16-18,20H,5-6,9-13H2,1H3. The molecule has 0 radical (unpaired) electrons. The van der Waals surface area contributed by atoms with E-state index >= 15 is 0 Å². The second-order valence-corrected chi connectivity index (χ2v) is 6.59. The highest BCUT2D eigenvalue weighted by Crippen LogP contribution is 2.30. The molecule has 2 aliphatic rings. The lowest BCUT2D eigenvalue weighted by Gasteiger charge is -2.45. The minimum absolute atomic E-state index is 0.244. The van der Waals surface area contributed by atoms with Crippen LogP contribution in [-0.2, 0) is 4.74 Å². The van der Waals surface area contributed by atoms with Crippen molar-refractivity contribution in [3.05, 3.63) is 35.9 Å². The van der Waals surface area contributed by atoms with Crippen LogP contribution in [0, 0.1) is 5.92 Å². The Kier molecular flexibility index (Phi) is 4.94. The molecule has 1 aliphatic carbocycles. The van der Waals surface area contributed by atoms with Gasteiger partial charge in [0.1, 0.15) is 0 Å². The first-order valence-corrected chi connectivity index (χ1v) is 8.34. The summed E-state index contributed by atoms with van der Waals surface area (Å²) >= 11 is 0. The fourth-order valence-electron chi connectivity index (χ4n) is 3.85. The Balaban J connectivity index is 1.62. The number of rotatable bonds is 4. The fourth-order valence-corrected chi connectivity index (χ4v) is 3.85. The maximum Gasteiger partial charge on any atom is 0.0827 e. The monoisotopic (exact) mass is 289 g/mol. The third kappa shape index (κ3) is 3.47. The van der Waals surface area contributed by atoms with Crippen LogP contribution in [0.15, 0.2) is 30.3 Å². The van der Waals surface area contributed by atoms with Crippen LogP contribution in [0.2, 0.25) is 0 Å². The van der Waals surface area contributed by atoms with Crippen LogP contribution in [0.3, 0.4) is 0 Å². The molecular formula is C18H27NO2. The van der Waals surface area contributed by atoms with E-state index in [-0.39, 0.29) is 12.0 Å². The van der Waals surface area contributed by atoms with Crippen molar-refractivity contribution in [2.24, 2.45) is 5.92 Å². The molecule has 1 saturated heterocycles. The second kappa shape index (κ2) is 6.91. The minimum Gasteiger partial charge on any atom is -0.388 e. The van der Waals surface area contributed by atoms with Crippen molar-refractivity contribution in [1.29, 1.82) is 0 Å². The lowest BCUT2D eigenvalue weighted by Crippen LogP contribution is -2.53. The molecule has 21 heavy (non-hydrogen) atoms. The zero-order valence-corrected chi connectivity index (χ0v) is 12.9. The molecule has 1 aromatic carbocycles. The Morgan fingerprint density at radius 2 is 2.00 bits per heavy atom. The number of fused-ring (bicyclic) bond motifs is 1. The van der Waals surface area contributed by atoms with Gasteiger partial charge in [-0.15, -0.1) is 0 Å². The summed E-state index contributed by atoms with van der Waals surface area (Å²) in [6.45, 7) is 4.97. The van der Waals surface area contributed by atoms with E-state index in [2.05, 4.69) is 11.8 Å². The lowest BCUT2D eigenvalue weighted by atomic mass is 9.88. The average molecular weight is 289 g/mol. The smallest absolute Gasteiger partial charge is 0.0827 e. The fraction of sp³-hybridized carbons (Fsp3) is 0.667. The van der Waals surface area contributed by atoms with Gasteiger partial charge in [0.25, 0.3) is 0 Å². The SMILES string of the molecule is CC(CN1CCOC2CCCCC21)C(O)c1ccccc1. The number of hydrogen-bond donors (Lipinski definition) is 1. The van der Waals surface area contributed by atoms with Crippen molar-refractivity contribution < 1.29 is 9.84 Å². The van der Waals surface area contributed by atoms with Crippen LogP contribution in [0.25, 0.3) is 0 Å². The molecule has 0 spiro atoms. The number of morpholine rings is 1. The first kappa shape index (κ1) is 15.0. The lowest BCUT2D eigenvalue weighted by molar-refractivity contribution is -0.0959. The maximum absolute atomic E-state index is 10.6. The zero-order valence-electron chi connectivity index (χ0n) is 12.9. The Labute approximate surface area is 127 Å². The van der Waals surface area contributed by atoms with E-state index in [0.29, 0.717) is 12.1 Å². The van der Waals surface area contributed by atoms with Gasteiger partial charge in [-0.2, -0.15) is 0 Å². The molecule has 1 N–H and O–H groups in total. The molecule has 1 saturated carbocycles. The van der Waals surface area contributed by atoms with Gasteiger partial charge in [-0.25, -0.2) is 0 Å². The van der Waals surface area contributed by atoms with Gasteiger partial charge in [0, 0.05) is 19.1 Å². The quantitative estimate of drug-likeness (QED) is 0.925. The summed E-state index contributed by atoms with van der Waals surface area (Å²) in [5.74, 6) is 0.244. The predicted octanol–water partition coefficient (Wildman–Crippen LogP) is 3.00. The molecule has 0 bridgehead atoms. The van der Waals surface area contributed by atoms with Crippen molar-refractivity contribution in [2.45, 2.75) is 50.9 Å². The van der Waals surface area contributed by atoms with Gasteiger partial charge in [0.2, 0.25) is 0 Å². The van der Waals surface area contributed by atoms with Gasteiger partial charge in [-0.05, 0) is 24.3 Å². The van der Waals surface area contributed by atoms with E-state index < -0.39 is 0 Å². The third-order valence-corrected chi connectivity index (χ3v) is 5.05. The molecule has 0 aromatic heterocycles. The van der Waals surface area contributed by atoms with E-state index in [1.165, 1.54) is 25.7 Å². The molecule has 3 nitrogen and oxygen atoms in total. The number of hydrogen-bond acceptors (Lipinski definition) is 3. The molecule has 4 atom stereocenters. The number of benzene rings is 1. The second-order valence-electron chi connectivity index (χ2n) is 6.59. The van der Waals surface area contributed by atoms with Gasteiger partial charge in [-0.3, -0.25) is 4.90 Å². The average Bonchev–Trinajstić information content (AvgIpc) is 2.55. The molecule has 0 amide bonds. The van der Waals surface area contributed by atoms with E-state index in [9.17, 15) is 5.11 Å². The normalized spacial score (nSPS) is 29.6. The Hall–Kier alpha value is -0.900. The van der Waals surface area contributed by atoms with Gasteiger partial charge in [0.05, 0.1) is 18.8 Å². The summed E-state index contributed by atoms with van der Waals surface area (Å²) in [5.41, 5.74) is 1.03. The summed E-state index contributed by atoms with van der Waals surface area (Å²) < 4.78 is 5.93. The van der Waals surface area contributed by atoms with E-state index in [1.807, 2.05) is 30.3 Å². The van der Waals surface area contributed by atoms with Crippen molar-refractivity contribution in [2.75, 3.05) is 19.7 Å². The molecule has 1 aromatic rings. The third-order valence-electron chi connectivity index (χ3n) is 5.05. The van der Waals surface area contributed by atoms with E-state index in [0.717, 1.165) is 25.3 Å². The number of aliphatic hydroxyl groups excluding tert-OH is 1. The summed E-state index contributed by atoms with van der Waals surface area (Å²) in [4.78, 5) is 2.56. The largest absolute Gasteiger partial charge is 0.388 e. The van der Waals surface area contributed by atoms with Gasteiger partial charge in [0.15, 0.2) is 0 Å². The van der Waals surface area contributed by atoms with Gasteiger partial charge in [-0.1, -0.05) is 50.1 Å². The molecule has 3 heteroatoms. The molecule has 1 heterocycles. The summed E-state index contributed by atoms with van der Waals surface area (Å²) in [6.07, 6.45) is 5.12. The Bertz CT molecular complexity index is 434. The van der Waals surface area contributed by atoms with Gasteiger partial charge >= 0.3 is 0 Å². The number of ether oxygens (including phenoxy) is 1. The van der Waals surface area contributed by atoms with Crippen LogP contribution < -0.4 is 0 Å². The van der Waals surface area contributed by atoms with Crippen LogP contribution >= 0.6 is 0 Å². The van der Waals surface area contributed by atoms with Crippen LogP contribution in [0.5, 0.6) is 0 Å². The highest BCUT2D eigenvalue weighted by atomic mass is 16.5. The van der Waals surface area contributed by atoms with E-state index in [4.69, 9.17) is 4.74 Å². The molecular weight excluding hydrogens is 262 g/mol. The Morgan fingerprint density at radius 3 is 2.81 bits per heavy atom. The van der Waals surface area contributed by atoms with E-state index in [1.54, 1.807) is 0 Å². The number of aliphatic hydroxyl groups is 1. The zero-order chi connectivity index (χ0) is 14.7. The van der Waals surface area contributed by atoms with Crippen molar-refractivity contribution in [3.63, 3.8) is 0 Å². The molecule has 116 valence electrons. The molecule has 1 aliphatic heterocycles. The van der Waals surface area contributed by atoms with Gasteiger partial charge < -0.3 is 9.84 Å². The summed E-state index contributed by atoms with van der Waals surface area (Å²) in [5, 5.41) is 10.6. The van der Waals surface area contributed by atoms with Crippen molar-refractivity contribution in [1.82, 2.24) is 4.90 Å². The minimum atomic E-state index is -0.379. The number of nitrogens with zero attached hydrogens (tertiary/aromatic N) is 1. The van der Waals surface area contributed by atoms with Crippen molar-refractivity contribution in [3.8, 4) is 0 Å². The predicted molar refractivity (Wildman–Crippen MR) is 84.1 cm³/mol. The first-order valence-electron chi connectivity index (χ1n) is 8.34. The van der Waals surface area contributed by atoms with Crippen molar-refractivity contribution >= 4 is 0 Å². The molecule has 3 rings (SSSR count). The summed E-state index contributed by atoms with van der Waals surface area (Å²) in [6, 6.07) is 10.6. The molecule has 2 fully saturated rings. The highest BCUT2D eigenvalue weighted by Gasteiger charge is 2.35. The van der Waals surface area contributed by atoms with Crippen LogP contribution in [0.4, 0.5) is 0 Å². The Morgan fingerprint density at radius 1 is 1.24 bits per heavy atom. The highest BCUT2D eigenvalue weighted by molar-refractivity contribution is 5.17. The van der Waals surface area contributed by atoms with Crippen LogP contribution in [0.1, 0.15) is 44.3 Å². The summed E-state index contributed by atoms with van der Waals surface area (Å²) in [7, 11) is 0. The molecule has 4 unspecified atom stereocenters. The van der Waals surface area contributed by atoms with Crippen LogP contribution in [-0.4, -0.2) is 41.8 Å². The first-order chi connectivity index (χ1) is 10.3. The maximum atomic E-state index is 10.6. The topological polar surface area (TPSA) is 32.7 Å².